The zero-order chi connectivity index (χ0) is 15.9. The molecule has 0 aliphatic rings. The molecule has 1 atom stereocenters. The smallest absolute Gasteiger partial charge is 0.243 e. The van der Waals surface area contributed by atoms with Gasteiger partial charge in [-0.3, -0.25) is 4.79 Å². The van der Waals surface area contributed by atoms with Crippen molar-refractivity contribution in [1.82, 2.24) is 4.98 Å². The van der Waals surface area contributed by atoms with Gasteiger partial charge >= 0.3 is 0 Å². The van der Waals surface area contributed by atoms with Crippen molar-refractivity contribution in [2.45, 2.75) is 13.3 Å². The Kier molecular flexibility index (Phi) is 5.10. The largest absolute Gasteiger partial charge is 0.497 e. The SMILES string of the molecule is COc1ccc(C[C@@H](C#N)C(=O)Nc2ccc(C)cn2)cc1. The highest BCUT2D eigenvalue weighted by atomic mass is 16.5. The number of hydrogen-bond acceptors (Lipinski definition) is 4. The summed E-state index contributed by atoms with van der Waals surface area (Å²) in [5, 5.41) is 11.9. The molecule has 0 aliphatic heterocycles. The van der Waals surface area contributed by atoms with Crippen molar-refractivity contribution >= 4 is 11.7 Å². The first-order valence-electron chi connectivity index (χ1n) is 6.88. The van der Waals surface area contributed by atoms with Crippen LogP contribution in [0, 0.1) is 24.2 Å². The van der Waals surface area contributed by atoms with Gasteiger partial charge in [0.05, 0.1) is 13.2 Å². The first-order chi connectivity index (χ1) is 10.6. The molecule has 5 heteroatoms. The van der Waals surface area contributed by atoms with E-state index in [1.165, 1.54) is 0 Å². The van der Waals surface area contributed by atoms with E-state index in [9.17, 15) is 10.1 Å². The Morgan fingerprint density at radius 2 is 2.05 bits per heavy atom. The standard InChI is InChI=1S/C17H17N3O2/c1-12-3-8-16(19-11-12)20-17(21)14(10-18)9-13-4-6-15(22-2)7-5-13/h3-8,11,14H,9H2,1-2H3,(H,19,20,21)/t14-/m0/s1. The number of amides is 1. The lowest BCUT2D eigenvalue weighted by atomic mass is 10.00. The highest BCUT2D eigenvalue weighted by molar-refractivity contribution is 5.93. The average Bonchev–Trinajstić information content (AvgIpc) is 2.55. The molecule has 2 rings (SSSR count). The lowest BCUT2D eigenvalue weighted by Crippen LogP contribution is -2.23. The number of carbonyl (C=O) groups excluding carboxylic acids is 1. The summed E-state index contributed by atoms with van der Waals surface area (Å²) in [6.07, 6.45) is 2.01. The minimum Gasteiger partial charge on any atom is -0.497 e. The number of carbonyl (C=O) groups is 1. The van der Waals surface area contributed by atoms with Crippen LogP contribution in [-0.2, 0) is 11.2 Å². The van der Waals surface area contributed by atoms with Gasteiger partial charge in [-0.05, 0) is 42.7 Å². The van der Waals surface area contributed by atoms with Crippen LogP contribution < -0.4 is 10.1 Å². The van der Waals surface area contributed by atoms with Gasteiger partial charge in [-0.1, -0.05) is 18.2 Å². The molecule has 0 radical (unpaired) electrons. The first kappa shape index (κ1) is 15.5. The molecule has 22 heavy (non-hydrogen) atoms. The minimum atomic E-state index is -0.767. The summed E-state index contributed by atoms with van der Waals surface area (Å²) in [4.78, 5) is 16.3. The fraction of sp³-hybridized carbons (Fsp3) is 0.235. The second kappa shape index (κ2) is 7.23. The van der Waals surface area contributed by atoms with Crippen molar-refractivity contribution in [3.8, 4) is 11.8 Å². The van der Waals surface area contributed by atoms with E-state index in [0.29, 0.717) is 12.2 Å². The number of methoxy groups -OCH3 is 1. The van der Waals surface area contributed by atoms with Gasteiger partial charge in [-0.25, -0.2) is 4.98 Å². The van der Waals surface area contributed by atoms with Gasteiger partial charge in [0.1, 0.15) is 17.5 Å². The highest BCUT2D eigenvalue weighted by Crippen LogP contribution is 2.15. The number of pyridine rings is 1. The third-order valence-corrected chi connectivity index (χ3v) is 3.23. The molecule has 2 aromatic rings. The van der Waals surface area contributed by atoms with Crippen LogP contribution in [0.1, 0.15) is 11.1 Å². The molecule has 0 fully saturated rings. The number of rotatable bonds is 5. The molecule has 1 aromatic carbocycles. The fourth-order valence-electron chi connectivity index (χ4n) is 1.95. The van der Waals surface area contributed by atoms with Gasteiger partial charge < -0.3 is 10.1 Å². The van der Waals surface area contributed by atoms with Gasteiger partial charge in [-0.2, -0.15) is 5.26 Å². The van der Waals surface area contributed by atoms with Crippen LogP contribution >= 0.6 is 0 Å². The molecule has 0 saturated carbocycles. The average molecular weight is 295 g/mol. The lowest BCUT2D eigenvalue weighted by molar-refractivity contribution is -0.118. The maximum atomic E-state index is 12.2. The zero-order valence-corrected chi connectivity index (χ0v) is 12.5. The number of nitrogens with one attached hydrogen (secondary N) is 1. The molecule has 0 aliphatic carbocycles. The monoisotopic (exact) mass is 295 g/mol. The Labute approximate surface area is 129 Å². The number of nitrogens with zero attached hydrogens (tertiary/aromatic N) is 2. The Balaban J connectivity index is 2.02. The summed E-state index contributed by atoms with van der Waals surface area (Å²) in [6, 6.07) is 12.9. The lowest BCUT2D eigenvalue weighted by Gasteiger charge is -2.10. The Hall–Kier alpha value is -2.87. The molecule has 1 N–H and O–H groups in total. The molecule has 0 spiro atoms. The van der Waals surface area contributed by atoms with Crippen LogP contribution in [-0.4, -0.2) is 18.0 Å². The normalized spacial score (nSPS) is 11.3. The number of anilines is 1. The second-order valence-corrected chi connectivity index (χ2v) is 4.94. The molecule has 0 unspecified atom stereocenters. The Bertz CT molecular complexity index is 673. The molecule has 112 valence electrons. The molecular formula is C17H17N3O2. The highest BCUT2D eigenvalue weighted by Gasteiger charge is 2.19. The maximum absolute atomic E-state index is 12.2. The van der Waals surface area contributed by atoms with Crippen LogP contribution in [0.25, 0.3) is 0 Å². The van der Waals surface area contributed by atoms with Crippen LogP contribution in [0.15, 0.2) is 42.6 Å². The first-order valence-corrected chi connectivity index (χ1v) is 6.88. The van der Waals surface area contributed by atoms with E-state index < -0.39 is 5.92 Å². The summed E-state index contributed by atoms with van der Waals surface area (Å²) in [7, 11) is 1.59. The molecule has 0 saturated heterocycles. The van der Waals surface area contributed by atoms with Crippen molar-refractivity contribution in [3.63, 3.8) is 0 Å². The van der Waals surface area contributed by atoms with Gasteiger partial charge in [-0.15, -0.1) is 0 Å². The van der Waals surface area contributed by atoms with Gasteiger partial charge in [0.25, 0.3) is 0 Å². The van der Waals surface area contributed by atoms with Crippen LogP contribution in [0.4, 0.5) is 5.82 Å². The predicted molar refractivity (Wildman–Crippen MR) is 83.4 cm³/mol. The van der Waals surface area contributed by atoms with Crippen molar-refractivity contribution in [1.29, 1.82) is 5.26 Å². The van der Waals surface area contributed by atoms with Crippen molar-refractivity contribution in [2.75, 3.05) is 12.4 Å². The van der Waals surface area contributed by atoms with E-state index in [4.69, 9.17) is 4.74 Å². The summed E-state index contributed by atoms with van der Waals surface area (Å²) in [5.74, 6) is 0.0716. The summed E-state index contributed by atoms with van der Waals surface area (Å²) < 4.78 is 5.08. The quantitative estimate of drug-likeness (QED) is 0.920. The van der Waals surface area contributed by atoms with E-state index >= 15 is 0 Å². The van der Waals surface area contributed by atoms with Crippen LogP contribution in [0.2, 0.25) is 0 Å². The fourth-order valence-corrected chi connectivity index (χ4v) is 1.95. The number of aromatic nitrogens is 1. The predicted octanol–water partition coefficient (Wildman–Crippen LogP) is 2.72. The van der Waals surface area contributed by atoms with Crippen LogP contribution in [0.3, 0.4) is 0 Å². The van der Waals surface area contributed by atoms with E-state index in [1.807, 2.05) is 43.3 Å². The van der Waals surface area contributed by atoms with E-state index in [-0.39, 0.29) is 5.91 Å². The maximum Gasteiger partial charge on any atom is 0.243 e. The van der Waals surface area contributed by atoms with Crippen LogP contribution in [0.5, 0.6) is 5.75 Å². The minimum absolute atomic E-state index is 0.345. The molecule has 1 amide bonds. The Morgan fingerprint density at radius 3 is 2.59 bits per heavy atom. The van der Waals surface area contributed by atoms with E-state index in [0.717, 1.165) is 16.9 Å². The molecule has 1 aromatic heterocycles. The molecule has 0 bridgehead atoms. The number of ether oxygens (including phenoxy) is 1. The summed E-state index contributed by atoms with van der Waals surface area (Å²) in [5.41, 5.74) is 1.91. The molecule has 1 heterocycles. The van der Waals surface area contributed by atoms with E-state index in [1.54, 1.807) is 19.4 Å². The summed E-state index contributed by atoms with van der Waals surface area (Å²) >= 11 is 0. The summed E-state index contributed by atoms with van der Waals surface area (Å²) in [6.45, 7) is 1.92. The van der Waals surface area contributed by atoms with Crippen molar-refractivity contribution in [2.24, 2.45) is 5.92 Å². The second-order valence-electron chi connectivity index (χ2n) is 4.94. The van der Waals surface area contributed by atoms with Gasteiger partial charge in [0, 0.05) is 6.20 Å². The molecule has 5 nitrogen and oxygen atoms in total. The number of benzene rings is 1. The third kappa shape index (κ3) is 4.06. The van der Waals surface area contributed by atoms with Gasteiger partial charge in [0.15, 0.2) is 0 Å². The zero-order valence-electron chi connectivity index (χ0n) is 12.5. The van der Waals surface area contributed by atoms with E-state index in [2.05, 4.69) is 10.3 Å². The van der Waals surface area contributed by atoms with Gasteiger partial charge in [0.2, 0.25) is 5.91 Å². The number of nitriles is 1. The molecular weight excluding hydrogens is 278 g/mol. The number of aryl methyl sites for hydroxylation is 1. The van der Waals surface area contributed by atoms with Crippen molar-refractivity contribution < 1.29 is 9.53 Å². The van der Waals surface area contributed by atoms with Crippen molar-refractivity contribution in [3.05, 3.63) is 53.7 Å². The number of hydrogen-bond donors (Lipinski definition) is 1. The third-order valence-electron chi connectivity index (χ3n) is 3.23. The Morgan fingerprint density at radius 1 is 1.32 bits per heavy atom. The topological polar surface area (TPSA) is 75.0 Å².